The van der Waals surface area contributed by atoms with Crippen LogP contribution < -0.4 is 20.7 Å². The number of nitrogens with one attached hydrogen (secondary N) is 3. The Balaban J connectivity index is 1.74. The standard InChI is InChI=1S/C30H45N3O7/c1-6-29(3,38)17-25(34)31-19(2)27(36)33-24(16-21-11-13-22(39-5)14-12-21)28(37)32-23(15-20-9-7-8-10-20)26(35)30(4)18-40-30/h11-14,19-20,23-24,38H,6-10,15-18H2,1-5H3,(H,31,34)(H,32,37)(H,33,36)/t19-,23+,24+,29+,30+/m1/s1. The summed E-state index contributed by atoms with van der Waals surface area (Å²) in [6.45, 7) is 6.92. The van der Waals surface area contributed by atoms with Gasteiger partial charge in [-0.25, -0.2) is 0 Å². The minimum atomic E-state index is -1.18. The molecule has 1 aromatic rings. The zero-order valence-corrected chi connectivity index (χ0v) is 24.4. The quantitative estimate of drug-likeness (QED) is 0.241. The minimum absolute atomic E-state index is 0.147. The van der Waals surface area contributed by atoms with Crippen LogP contribution in [0.1, 0.15) is 78.2 Å². The third-order valence-corrected chi connectivity index (χ3v) is 8.08. The molecule has 1 heterocycles. The topological polar surface area (TPSA) is 146 Å². The van der Waals surface area contributed by atoms with E-state index in [1.807, 2.05) is 12.1 Å². The molecular formula is C30H45N3O7. The van der Waals surface area contributed by atoms with E-state index in [2.05, 4.69) is 16.0 Å². The number of epoxide rings is 1. The van der Waals surface area contributed by atoms with Crippen LogP contribution in [0, 0.1) is 5.92 Å². The van der Waals surface area contributed by atoms with Gasteiger partial charge in [-0.3, -0.25) is 19.2 Å². The second-order valence-electron chi connectivity index (χ2n) is 11.8. The number of methoxy groups -OCH3 is 1. The van der Waals surface area contributed by atoms with Crippen LogP contribution in [0.15, 0.2) is 24.3 Å². The highest BCUT2D eigenvalue weighted by Crippen LogP contribution is 2.33. The second kappa shape index (κ2) is 13.6. The number of benzene rings is 1. The van der Waals surface area contributed by atoms with E-state index in [1.165, 1.54) is 6.92 Å². The van der Waals surface area contributed by atoms with Crippen LogP contribution in [0.4, 0.5) is 0 Å². The van der Waals surface area contributed by atoms with Gasteiger partial charge >= 0.3 is 0 Å². The molecule has 1 saturated heterocycles. The summed E-state index contributed by atoms with van der Waals surface area (Å²) in [5.41, 5.74) is -1.28. The molecule has 2 aliphatic rings. The predicted octanol–water partition coefficient (Wildman–Crippen LogP) is 2.20. The molecule has 3 amide bonds. The lowest BCUT2D eigenvalue weighted by Crippen LogP contribution is -2.57. The normalized spacial score (nSPS) is 22.4. The van der Waals surface area contributed by atoms with E-state index >= 15 is 0 Å². The van der Waals surface area contributed by atoms with Crippen molar-refractivity contribution in [3.8, 4) is 5.75 Å². The number of ether oxygens (including phenoxy) is 2. The van der Waals surface area contributed by atoms with Crippen molar-refractivity contribution in [1.82, 2.24) is 16.0 Å². The van der Waals surface area contributed by atoms with E-state index in [4.69, 9.17) is 9.47 Å². The van der Waals surface area contributed by atoms with Crippen LogP contribution >= 0.6 is 0 Å². The first-order valence-electron chi connectivity index (χ1n) is 14.3. The van der Waals surface area contributed by atoms with E-state index in [1.54, 1.807) is 40.0 Å². The molecule has 1 aliphatic carbocycles. The number of carbonyl (C=O) groups is 4. The molecule has 0 bridgehead atoms. The first-order valence-corrected chi connectivity index (χ1v) is 14.3. The largest absolute Gasteiger partial charge is 0.497 e. The number of aliphatic hydroxyl groups is 1. The average molecular weight is 560 g/mol. The number of hydrogen-bond acceptors (Lipinski definition) is 7. The fraction of sp³-hybridized carbons (Fsp3) is 0.667. The molecule has 3 rings (SSSR count). The van der Waals surface area contributed by atoms with Crippen LogP contribution in [-0.4, -0.2) is 71.7 Å². The lowest BCUT2D eigenvalue weighted by atomic mass is 9.90. The fourth-order valence-corrected chi connectivity index (χ4v) is 5.03. The zero-order valence-electron chi connectivity index (χ0n) is 24.4. The molecule has 0 aromatic heterocycles. The summed E-state index contributed by atoms with van der Waals surface area (Å²) in [7, 11) is 1.56. The van der Waals surface area contributed by atoms with Gasteiger partial charge < -0.3 is 30.5 Å². The van der Waals surface area contributed by atoms with Gasteiger partial charge in [0.1, 0.15) is 23.4 Å². The Kier molecular flexibility index (Phi) is 10.7. The molecular weight excluding hydrogens is 514 g/mol. The Morgan fingerprint density at radius 3 is 2.23 bits per heavy atom. The monoisotopic (exact) mass is 559 g/mol. The van der Waals surface area contributed by atoms with Crippen LogP contribution in [0.3, 0.4) is 0 Å². The van der Waals surface area contributed by atoms with Crippen LogP contribution in [0.2, 0.25) is 0 Å². The lowest BCUT2D eigenvalue weighted by Gasteiger charge is -2.27. The van der Waals surface area contributed by atoms with Gasteiger partial charge in [0.05, 0.1) is 31.8 Å². The van der Waals surface area contributed by atoms with E-state index < -0.39 is 47.0 Å². The van der Waals surface area contributed by atoms with Crippen molar-refractivity contribution in [2.75, 3.05) is 13.7 Å². The highest BCUT2D eigenvalue weighted by atomic mass is 16.6. The summed E-state index contributed by atoms with van der Waals surface area (Å²) in [4.78, 5) is 52.4. The second-order valence-corrected chi connectivity index (χ2v) is 11.8. The first kappa shape index (κ1) is 31.5. The van der Waals surface area contributed by atoms with Crippen molar-refractivity contribution in [2.24, 2.45) is 5.92 Å². The van der Waals surface area contributed by atoms with Gasteiger partial charge in [0.2, 0.25) is 17.7 Å². The summed E-state index contributed by atoms with van der Waals surface area (Å²) >= 11 is 0. The Morgan fingerprint density at radius 1 is 1.07 bits per heavy atom. The molecule has 40 heavy (non-hydrogen) atoms. The molecule has 4 N–H and O–H groups in total. The van der Waals surface area contributed by atoms with E-state index in [9.17, 15) is 24.3 Å². The Morgan fingerprint density at radius 2 is 1.68 bits per heavy atom. The summed E-state index contributed by atoms with van der Waals surface area (Å²) in [6.07, 6.45) is 5.21. The molecule has 10 nitrogen and oxygen atoms in total. The maximum atomic E-state index is 13.6. The predicted molar refractivity (Wildman–Crippen MR) is 150 cm³/mol. The van der Waals surface area contributed by atoms with Crippen molar-refractivity contribution in [1.29, 1.82) is 0 Å². The number of amides is 3. The van der Waals surface area contributed by atoms with Crippen molar-refractivity contribution in [3.63, 3.8) is 0 Å². The molecule has 5 atom stereocenters. The van der Waals surface area contributed by atoms with Gasteiger partial charge in [-0.2, -0.15) is 0 Å². The lowest BCUT2D eigenvalue weighted by molar-refractivity contribution is -0.134. The molecule has 0 unspecified atom stereocenters. The molecule has 222 valence electrons. The van der Waals surface area contributed by atoms with Gasteiger partial charge in [-0.15, -0.1) is 0 Å². The Hall–Kier alpha value is -2.98. The van der Waals surface area contributed by atoms with Crippen molar-refractivity contribution in [3.05, 3.63) is 29.8 Å². The summed E-state index contributed by atoms with van der Waals surface area (Å²) in [5.74, 6) is -0.627. The third kappa shape index (κ3) is 9.02. The third-order valence-electron chi connectivity index (χ3n) is 8.08. The van der Waals surface area contributed by atoms with Gasteiger partial charge in [-0.1, -0.05) is 44.7 Å². The van der Waals surface area contributed by atoms with Gasteiger partial charge in [0, 0.05) is 6.42 Å². The smallest absolute Gasteiger partial charge is 0.243 e. The molecule has 2 fully saturated rings. The number of carbonyl (C=O) groups excluding carboxylic acids is 4. The van der Waals surface area contributed by atoms with Crippen molar-refractivity contribution >= 4 is 23.5 Å². The minimum Gasteiger partial charge on any atom is -0.497 e. The van der Waals surface area contributed by atoms with Gasteiger partial charge in [0.15, 0.2) is 5.78 Å². The maximum Gasteiger partial charge on any atom is 0.243 e. The zero-order chi connectivity index (χ0) is 29.5. The van der Waals surface area contributed by atoms with Crippen molar-refractivity contribution in [2.45, 2.75) is 108 Å². The number of Topliss-reactive ketones (excluding diaryl/α,β-unsaturated/α-hetero) is 1. The fourth-order valence-electron chi connectivity index (χ4n) is 5.03. The Bertz CT molecular complexity index is 1050. The highest BCUT2D eigenvalue weighted by molar-refractivity contribution is 5.98. The van der Waals surface area contributed by atoms with Crippen LogP contribution in [0.25, 0.3) is 0 Å². The van der Waals surface area contributed by atoms with Crippen molar-refractivity contribution < 1.29 is 33.8 Å². The Labute approximate surface area is 236 Å². The molecule has 10 heteroatoms. The molecule has 0 radical (unpaired) electrons. The van der Waals surface area contributed by atoms with Crippen LogP contribution in [-0.2, 0) is 30.3 Å². The molecule has 1 aliphatic heterocycles. The SMILES string of the molecule is CC[C@](C)(O)CC(=O)N[C@H](C)C(=O)N[C@@H](Cc1ccc(OC)cc1)C(=O)N[C@@H](CC1CCCC1)C(=O)[C@]1(C)CO1. The molecule has 1 saturated carbocycles. The number of rotatable bonds is 15. The number of hydrogen-bond donors (Lipinski definition) is 4. The first-order chi connectivity index (χ1) is 18.9. The van der Waals surface area contributed by atoms with E-state index in [-0.39, 0.29) is 18.6 Å². The highest BCUT2D eigenvalue weighted by Gasteiger charge is 2.50. The van der Waals surface area contributed by atoms with Gasteiger partial charge in [-0.05, 0) is 57.2 Å². The molecule has 0 spiro atoms. The summed E-state index contributed by atoms with van der Waals surface area (Å²) in [5, 5.41) is 18.5. The summed E-state index contributed by atoms with van der Waals surface area (Å²) in [6, 6.07) is 4.50. The van der Waals surface area contributed by atoms with E-state index in [0.29, 0.717) is 31.1 Å². The maximum absolute atomic E-state index is 13.6. The summed E-state index contributed by atoms with van der Waals surface area (Å²) < 4.78 is 10.6. The average Bonchev–Trinajstić information content (AvgIpc) is 3.45. The number of ketones is 1. The molecule has 1 aromatic carbocycles. The van der Waals surface area contributed by atoms with Gasteiger partial charge in [0.25, 0.3) is 0 Å². The van der Waals surface area contributed by atoms with Crippen LogP contribution in [0.5, 0.6) is 5.75 Å². The van der Waals surface area contributed by atoms with E-state index in [0.717, 1.165) is 31.2 Å².